The fourth-order valence-corrected chi connectivity index (χ4v) is 3.70. The van der Waals surface area contributed by atoms with Gasteiger partial charge in [-0.15, -0.1) is 11.8 Å². The normalized spacial score (nSPS) is 13.9. The van der Waals surface area contributed by atoms with E-state index in [1.807, 2.05) is 42.1 Å². The van der Waals surface area contributed by atoms with E-state index in [0.29, 0.717) is 6.54 Å². The van der Waals surface area contributed by atoms with Gasteiger partial charge in [0.2, 0.25) is 0 Å². The van der Waals surface area contributed by atoms with Crippen LogP contribution in [0.5, 0.6) is 0 Å². The maximum atomic E-state index is 9.96. The van der Waals surface area contributed by atoms with Crippen molar-refractivity contribution in [1.82, 2.24) is 0 Å². The van der Waals surface area contributed by atoms with Gasteiger partial charge >= 0.3 is 0 Å². The molecule has 0 bridgehead atoms. The van der Waals surface area contributed by atoms with Gasteiger partial charge in [0.1, 0.15) is 0 Å². The van der Waals surface area contributed by atoms with E-state index in [4.69, 9.17) is 5.73 Å². The molecule has 0 saturated carbocycles. The number of aliphatic hydroxyl groups is 1. The van der Waals surface area contributed by atoms with Crippen molar-refractivity contribution in [2.24, 2.45) is 5.73 Å². The first-order chi connectivity index (χ1) is 10.2. The lowest BCUT2D eigenvalue weighted by molar-refractivity contribution is 0.193. The van der Waals surface area contributed by atoms with Crippen LogP contribution in [0.4, 0.5) is 0 Å². The Morgan fingerprint density at radius 1 is 1.05 bits per heavy atom. The second-order valence-corrected chi connectivity index (χ2v) is 6.54. The van der Waals surface area contributed by atoms with Gasteiger partial charge in [-0.05, 0) is 42.4 Å². The molecule has 0 fully saturated rings. The molecule has 0 aliphatic heterocycles. The lowest BCUT2D eigenvalue weighted by Gasteiger charge is -2.32. The number of hydrogen-bond acceptors (Lipinski definition) is 3. The van der Waals surface area contributed by atoms with E-state index in [1.54, 1.807) is 0 Å². The van der Waals surface area contributed by atoms with Crippen molar-refractivity contribution >= 4 is 11.8 Å². The first-order valence-corrected chi connectivity index (χ1v) is 8.25. The number of benzene rings is 2. The van der Waals surface area contributed by atoms with Gasteiger partial charge in [0, 0.05) is 16.9 Å². The van der Waals surface area contributed by atoms with Crippen LogP contribution in [0.3, 0.4) is 0 Å². The molecule has 0 aliphatic carbocycles. The quantitative estimate of drug-likeness (QED) is 0.771. The van der Waals surface area contributed by atoms with Gasteiger partial charge in [-0.1, -0.05) is 42.5 Å². The second-order valence-electron chi connectivity index (χ2n) is 5.37. The van der Waals surface area contributed by atoms with E-state index < -0.39 is 0 Å². The smallest absolute Gasteiger partial charge is 0.0540 e. The molecule has 0 amide bonds. The highest BCUT2D eigenvalue weighted by atomic mass is 32.2. The largest absolute Gasteiger partial charge is 0.395 e. The maximum Gasteiger partial charge on any atom is 0.0540 e. The Morgan fingerprint density at radius 3 is 2.33 bits per heavy atom. The topological polar surface area (TPSA) is 46.2 Å². The number of rotatable bonds is 7. The summed E-state index contributed by atoms with van der Waals surface area (Å²) in [7, 11) is 0. The van der Waals surface area contributed by atoms with Crippen molar-refractivity contribution in [2.75, 3.05) is 18.9 Å². The minimum Gasteiger partial charge on any atom is -0.395 e. The molecule has 2 rings (SSSR count). The minimum absolute atomic E-state index is 0.0870. The van der Waals surface area contributed by atoms with Crippen LogP contribution in [-0.4, -0.2) is 24.0 Å². The lowest BCUT2D eigenvalue weighted by atomic mass is 9.77. The van der Waals surface area contributed by atoms with Crippen molar-refractivity contribution in [3.05, 3.63) is 65.7 Å². The molecular formula is C18H23NOS. The van der Waals surface area contributed by atoms with Crippen molar-refractivity contribution in [3.63, 3.8) is 0 Å². The van der Waals surface area contributed by atoms with Crippen LogP contribution in [0, 0.1) is 6.92 Å². The summed E-state index contributed by atoms with van der Waals surface area (Å²) in [6.45, 7) is 2.63. The predicted octanol–water partition coefficient (Wildman–Crippen LogP) is 3.37. The highest BCUT2D eigenvalue weighted by Gasteiger charge is 2.31. The van der Waals surface area contributed by atoms with Crippen LogP contribution >= 0.6 is 11.8 Å². The highest BCUT2D eigenvalue weighted by molar-refractivity contribution is 7.99. The Morgan fingerprint density at radius 2 is 1.71 bits per heavy atom. The van der Waals surface area contributed by atoms with E-state index in [9.17, 15) is 5.11 Å². The molecule has 0 saturated heterocycles. The highest BCUT2D eigenvalue weighted by Crippen LogP contribution is 2.32. The Balaban J connectivity index is 2.10. The summed E-state index contributed by atoms with van der Waals surface area (Å²) in [6.07, 6.45) is 0.865. The van der Waals surface area contributed by atoms with Gasteiger partial charge in [0.15, 0.2) is 0 Å². The predicted molar refractivity (Wildman–Crippen MR) is 90.8 cm³/mol. The first-order valence-electron chi connectivity index (χ1n) is 7.27. The number of aryl methyl sites for hydroxylation is 1. The molecule has 0 radical (unpaired) electrons. The maximum absolute atomic E-state index is 9.96. The molecule has 2 aromatic rings. The number of hydrogen-bond donors (Lipinski definition) is 2. The van der Waals surface area contributed by atoms with Crippen LogP contribution in [0.25, 0.3) is 0 Å². The third-order valence-corrected chi connectivity index (χ3v) is 5.02. The van der Waals surface area contributed by atoms with Gasteiger partial charge in [-0.25, -0.2) is 0 Å². The minimum atomic E-state index is -0.340. The fraction of sp³-hybridized carbons (Fsp3) is 0.333. The zero-order valence-electron chi connectivity index (χ0n) is 12.5. The van der Waals surface area contributed by atoms with Gasteiger partial charge in [0.25, 0.3) is 0 Å². The third kappa shape index (κ3) is 3.88. The summed E-state index contributed by atoms with van der Waals surface area (Å²) in [5.74, 6) is 0.941. The molecule has 2 nitrogen and oxygen atoms in total. The van der Waals surface area contributed by atoms with Crippen molar-refractivity contribution < 1.29 is 5.11 Å². The van der Waals surface area contributed by atoms with Crippen LogP contribution in [0.2, 0.25) is 0 Å². The van der Waals surface area contributed by atoms with E-state index in [-0.39, 0.29) is 12.0 Å². The van der Waals surface area contributed by atoms with Crippen LogP contribution in [0.15, 0.2) is 59.5 Å². The molecule has 0 spiro atoms. The molecule has 1 unspecified atom stereocenters. The summed E-state index contributed by atoms with van der Waals surface area (Å²) in [5.41, 5.74) is 8.06. The summed E-state index contributed by atoms with van der Waals surface area (Å²) >= 11 is 1.81. The Labute approximate surface area is 131 Å². The Kier molecular flexibility index (Phi) is 5.85. The second kappa shape index (κ2) is 7.64. The lowest BCUT2D eigenvalue weighted by Crippen LogP contribution is -2.40. The van der Waals surface area contributed by atoms with Crippen LogP contribution in [0.1, 0.15) is 17.5 Å². The monoisotopic (exact) mass is 301 g/mol. The third-order valence-electron chi connectivity index (χ3n) is 4.00. The van der Waals surface area contributed by atoms with Gasteiger partial charge in [-0.2, -0.15) is 0 Å². The summed E-state index contributed by atoms with van der Waals surface area (Å²) < 4.78 is 0. The van der Waals surface area contributed by atoms with Crippen molar-refractivity contribution in [2.45, 2.75) is 23.7 Å². The van der Waals surface area contributed by atoms with Gasteiger partial charge in [0.05, 0.1) is 6.61 Å². The van der Waals surface area contributed by atoms with E-state index >= 15 is 0 Å². The standard InChI is InChI=1S/C18H23NOS/c1-15-7-5-6-10-17(15)18(13-19,14-20)11-12-21-16-8-3-2-4-9-16/h2-10,20H,11-14,19H2,1H3. The van der Waals surface area contributed by atoms with Gasteiger partial charge < -0.3 is 10.8 Å². The molecule has 21 heavy (non-hydrogen) atoms. The first kappa shape index (κ1) is 16.1. The molecule has 0 heterocycles. The SMILES string of the molecule is Cc1ccccc1C(CN)(CO)CCSc1ccccc1. The van der Waals surface area contributed by atoms with Crippen molar-refractivity contribution in [3.8, 4) is 0 Å². The summed E-state index contributed by atoms with van der Waals surface area (Å²) in [5, 5.41) is 9.96. The summed E-state index contributed by atoms with van der Waals surface area (Å²) in [4.78, 5) is 1.26. The molecule has 2 aromatic carbocycles. The molecule has 0 aliphatic rings. The van der Waals surface area contributed by atoms with Gasteiger partial charge in [-0.3, -0.25) is 0 Å². The molecule has 1 atom stereocenters. The van der Waals surface area contributed by atoms with Crippen molar-refractivity contribution in [1.29, 1.82) is 0 Å². The average Bonchev–Trinajstić information content (AvgIpc) is 2.54. The Hall–Kier alpha value is -1.29. The Bertz CT molecular complexity index is 552. The zero-order chi connectivity index (χ0) is 15.1. The summed E-state index contributed by atoms with van der Waals surface area (Å²) in [6, 6.07) is 18.6. The number of thioether (sulfide) groups is 1. The van der Waals surface area contributed by atoms with E-state index in [1.165, 1.54) is 16.0 Å². The van der Waals surface area contributed by atoms with Crippen LogP contribution < -0.4 is 5.73 Å². The number of nitrogens with two attached hydrogens (primary N) is 1. The number of aliphatic hydroxyl groups excluding tert-OH is 1. The van der Waals surface area contributed by atoms with E-state index in [2.05, 4.69) is 31.2 Å². The van der Waals surface area contributed by atoms with E-state index in [0.717, 1.165) is 12.2 Å². The molecule has 0 aromatic heterocycles. The molecule has 3 heteroatoms. The average molecular weight is 301 g/mol. The zero-order valence-corrected chi connectivity index (χ0v) is 13.3. The molecule has 112 valence electrons. The fourth-order valence-electron chi connectivity index (χ4n) is 2.62. The molecular weight excluding hydrogens is 278 g/mol. The molecule has 3 N–H and O–H groups in total. The van der Waals surface area contributed by atoms with Crippen LogP contribution in [-0.2, 0) is 5.41 Å².